The van der Waals surface area contributed by atoms with Crippen molar-refractivity contribution in [2.24, 2.45) is 0 Å². The molecule has 0 aliphatic heterocycles. The van der Waals surface area contributed by atoms with Crippen LogP contribution < -0.4 is 0 Å². The highest BCUT2D eigenvalue weighted by Crippen LogP contribution is 2.19. The first-order valence-electron chi connectivity index (χ1n) is 5.68. The van der Waals surface area contributed by atoms with Gasteiger partial charge in [-0.15, -0.1) is 11.8 Å². The van der Waals surface area contributed by atoms with Crippen LogP contribution in [0.4, 0.5) is 0 Å². The minimum absolute atomic E-state index is 0.0801. The fourth-order valence-corrected chi connectivity index (χ4v) is 1.94. The van der Waals surface area contributed by atoms with Crippen LogP contribution in [-0.2, 0) is 9.53 Å². The van der Waals surface area contributed by atoms with Gasteiger partial charge in [-0.25, -0.2) is 4.79 Å². The van der Waals surface area contributed by atoms with Crippen LogP contribution in [0.25, 0.3) is 0 Å². The van der Waals surface area contributed by atoms with Crippen LogP contribution in [0.2, 0.25) is 0 Å². The molecule has 1 atom stereocenters. The van der Waals surface area contributed by atoms with Gasteiger partial charge in [-0.1, -0.05) is 13.0 Å². The van der Waals surface area contributed by atoms with Gasteiger partial charge in [0.05, 0.1) is 17.4 Å². The quantitative estimate of drug-likeness (QED) is 0.635. The second-order valence-electron chi connectivity index (χ2n) is 3.83. The minimum Gasteiger partial charge on any atom is -0.478 e. The lowest BCUT2D eigenvalue weighted by molar-refractivity contribution is -0.144. The lowest BCUT2D eigenvalue weighted by Gasteiger charge is -2.10. The summed E-state index contributed by atoms with van der Waals surface area (Å²) < 4.78 is 5.12. The van der Waals surface area contributed by atoms with Gasteiger partial charge in [-0.05, 0) is 31.5 Å². The molecule has 18 heavy (non-hydrogen) atoms. The molecule has 0 saturated heterocycles. The van der Waals surface area contributed by atoms with Crippen LogP contribution >= 0.6 is 11.8 Å². The SMILES string of the molecule is CCC(C)OC(=O)CSc1cccc(C(=O)O)c1. The number of benzene rings is 1. The molecular weight excluding hydrogens is 252 g/mol. The van der Waals surface area contributed by atoms with E-state index in [2.05, 4.69) is 0 Å². The van der Waals surface area contributed by atoms with Crippen LogP contribution in [-0.4, -0.2) is 28.9 Å². The molecule has 0 aliphatic carbocycles. The van der Waals surface area contributed by atoms with E-state index in [9.17, 15) is 9.59 Å². The molecule has 1 N–H and O–H groups in total. The Morgan fingerprint density at radius 3 is 2.78 bits per heavy atom. The van der Waals surface area contributed by atoms with E-state index in [0.717, 1.165) is 11.3 Å². The summed E-state index contributed by atoms with van der Waals surface area (Å²) in [5.74, 6) is -1.07. The number of rotatable bonds is 6. The van der Waals surface area contributed by atoms with E-state index < -0.39 is 5.97 Å². The third-order valence-corrected chi connectivity index (χ3v) is 3.31. The highest BCUT2D eigenvalue weighted by atomic mass is 32.2. The zero-order chi connectivity index (χ0) is 13.5. The molecule has 0 heterocycles. The Bertz CT molecular complexity index is 431. The number of ether oxygens (including phenoxy) is 1. The third kappa shape index (κ3) is 4.79. The molecule has 0 fully saturated rings. The number of aromatic carboxylic acids is 1. The van der Waals surface area contributed by atoms with Crippen molar-refractivity contribution < 1.29 is 19.4 Å². The van der Waals surface area contributed by atoms with Crippen LogP contribution in [0.3, 0.4) is 0 Å². The summed E-state index contributed by atoms with van der Waals surface area (Å²) in [7, 11) is 0. The number of esters is 1. The van der Waals surface area contributed by atoms with Crippen LogP contribution in [0.1, 0.15) is 30.6 Å². The summed E-state index contributed by atoms with van der Waals surface area (Å²) >= 11 is 1.27. The van der Waals surface area contributed by atoms with E-state index in [1.807, 2.05) is 13.8 Å². The minimum atomic E-state index is -0.973. The fourth-order valence-electron chi connectivity index (χ4n) is 1.20. The second-order valence-corrected chi connectivity index (χ2v) is 4.88. The normalized spacial score (nSPS) is 11.9. The van der Waals surface area contributed by atoms with Crippen LogP contribution in [0.5, 0.6) is 0 Å². The summed E-state index contributed by atoms with van der Waals surface area (Å²) in [4.78, 5) is 23.0. The van der Waals surface area contributed by atoms with E-state index in [1.54, 1.807) is 18.2 Å². The van der Waals surface area contributed by atoms with Crippen LogP contribution in [0.15, 0.2) is 29.2 Å². The van der Waals surface area contributed by atoms with E-state index >= 15 is 0 Å². The van der Waals surface area contributed by atoms with Gasteiger partial charge in [0.15, 0.2) is 0 Å². The van der Waals surface area contributed by atoms with Gasteiger partial charge in [0.25, 0.3) is 0 Å². The molecule has 1 aromatic carbocycles. The van der Waals surface area contributed by atoms with Crippen molar-refractivity contribution in [3.8, 4) is 0 Å². The second kappa shape index (κ2) is 7.06. The number of thioether (sulfide) groups is 1. The van der Waals surface area contributed by atoms with Gasteiger partial charge in [0, 0.05) is 4.90 Å². The lowest BCUT2D eigenvalue weighted by Crippen LogP contribution is -2.15. The molecule has 0 spiro atoms. The monoisotopic (exact) mass is 268 g/mol. The molecule has 0 saturated carbocycles. The molecule has 0 aliphatic rings. The number of carboxylic acids is 1. The van der Waals surface area contributed by atoms with Gasteiger partial charge < -0.3 is 9.84 Å². The van der Waals surface area contributed by atoms with Gasteiger partial charge in [-0.2, -0.15) is 0 Å². The zero-order valence-corrected chi connectivity index (χ0v) is 11.2. The number of carboxylic acid groups (broad SMARTS) is 1. The van der Waals surface area contributed by atoms with Crippen molar-refractivity contribution in [3.05, 3.63) is 29.8 Å². The van der Waals surface area contributed by atoms with Gasteiger partial charge in [0.1, 0.15) is 0 Å². The molecule has 5 heteroatoms. The first-order chi connectivity index (χ1) is 8.52. The van der Waals surface area contributed by atoms with Crippen molar-refractivity contribution in [2.75, 3.05) is 5.75 Å². The Morgan fingerprint density at radius 2 is 2.17 bits per heavy atom. The Labute approximate surface area is 110 Å². The van der Waals surface area contributed by atoms with E-state index in [-0.39, 0.29) is 23.4 Å². The summed E-state index contributed by atoms with van der Waals surface area (Å²) in [5, 5.41) is 8.84. The predicted octanol–water partition coefficient (Wildman–Crippen LogP) is 2.82. The number of carbonyl (C=O) groups is 2. The first-order valence-corrected chi connectivity index (χ1v) is 6.67. The molecule has 0 bridgehead atoms. The number of hydrogen-bond acceptors (Lipinski definition) is 4. The Hall–Kier alpha value is -1.49. The maximum absolute atomic E-state index is 11.4. The van der Waals surface area contributed by atoms with Gasteiger partial charge in [0.2, 0.25) is 0 Å². The average molecular weight is 268 g/mol. The molecule has 98 valence electrons. The van der Waals surface area contributed by atoms with Crippen molar-refractivity contribution in [2.45, 2.75) is 31.3 Å². The molecule has 1 rings (SSSR count). The molecule has 1 aromatic rings. The highest BCUT2D eigenvalue weighted by Gasteiger charge is 2.09. The van der Waals surface area contributed by atoms with Crippen molar-refractivity contribution >= 4 is 23.7 Å². The van der Waals surface area contributed by atoms with Crippen molar-refractivity contribution in [3.63, 3.8) is 0 Å². The van der Waals surface area contributed by atoms with E-state index in [0.29, 0.717) is 0 Å². The molecule has 0 radical (unpaired) electrons. The van der Waals surface area contributed by atoms with E-state index in [4.69, 9.17) is 9.84 Å². The average Bonchev–Trinajstić information content (AvgIpc) is 2.36. The highest BCUT2D eigenvalue weighted by molar-refractivity contribution is 8.00. The topological polar surface area (TPSA) is 63.6 Å². The summed E-state index contributed by atoms with van der Waals surface area (Å²) in [5.41, 5.74) is 0.218. The number of hydrogen-bond donors (Lipinski definition) is 1. The lowest BCUT2D eigenvalue weighted by atomic mass is 10.2. The van der Waals surface area contributed by atoms with Gasteiger partial charge in [-0.3, -0.25) is 4.79 Å². The molecule has 4 nitrogen and oxygen atoms in total. The Morgan fingerprint density at radius 1 is 1.44 bits per heavy atom. The molecule has 1 unspecified atom stereocenters. The summed E-state index contributed by atoms with van der Waals surface area (Å²) in [6.45, 7) is 3.79. The fraction of sp³-hybridized carbons (Fsp3) is 0.385. The standard InChI is InChI=1S/C13H16O4S/c1-3-9(2)17-12(14)8-18-11-6-4-5-10(7-11)13(15)16/h4-7,9H,3,8H2,1-2H3,(H,15,16). The Balaban J connectivity index is 2.50. The summed E-state index contributed by atoms with van der Waals surface area (Å²) in [6, 6.07) is 6.49. The molecule has 0 aromatic heterocycles. The first kappa shape index (κ1) is 14.6. The largest absolute Gasteiger partial charge is 0.478 e. The zero-order valence-electron chi connectivity index (χ0n) is 10.4. The van der Waals surface area contributed by atoms with E-state index in [1.165, 1.54) is 17.8 Å². The number of carbonyl (C=O) groups excluding carboxylic acids is 1. The maximum Gasteiger partial charge on any atom is 0.335 e. The Kier molecular flexibility index (Phi) is 5.71. The van der Waals surface area contributed by atoms with Crippen molar-refractivity contribution in [1.29, 1.82) is 0 Å². The molecule has 0 amide bonds. The van der Waals surface area contributed by atoms with Crippen molar-refractivity contribution in [1.82, 2.24) is 0 Å². The maximum atomic E-state index is 11.4. The smallest absolute Gasteiger partial charge is 0.335 e. The predicted molar refractivity (Wildman–Crippen MR) is 70.0 cm³/mol. The summed E-state index contributed by atoms with van der Waals surface area (Å²) in [6.07, 6.45) is 0.703. The third-order valence-electron chi connectivity index (χ3n) is 2.35. The molecular formula is C13H16O4S. The van der Waals surface area contributed by atoms with Gasteiger partial charge >= 0.3 is 11.9 Å². The van der Waals surface area contributed by atoms with Crippen LogP contribution in [0, 0.1) is 0 Å².